The molecule has 22 heavy (non-hydrogen) atoms. The van der Waals surface area contributed by atoms with Crippen LogP contribution in [0.1, 0.15) is 5.56 Å². The zero-order valence-corrected chi connectivity index (χ0v) is 12.3. The van der Waals surface area contributed by atoms with E-state index in [1.165, 1.54) is 23.9 Å². The highest BCUT2D eigenvalue weighted by molar-refractivity contribution is 7.98. The Hall–Kier alpha value is -2.67. The van der Waals surface area contributed by atoms with Gasteiger partial charge in [0, 0.05) is 23.4 Å². The summed E-state index contributed by atoms with van der Waals surface area (Å²) in [5.74, 6) is 1.39. The molecule has 3 rings (SSSR count). The van der Waals surface area contributed by atoms with E-state index in [0.717, 1.165) is 17.0 Å². The molecule has 0 aliphatic heterocycles. The van der Waals surface area contributed by atoms with Crippen molar-refractivity contribution in [1.29, 1.82) is 0 Å². The van der Waals surface area contributed by atoms with Crippen LogP contribution in [0.3, 0.4) is 0 Å². The van der Waals surface area contributed by atoms with Crippen molar-refractivity contribution in [2.45, 2.75) is 10.9 Å². The zero-order valence-electron chi connectivity index (χ0n) is 11.5. The normalized spacial score (nSPS) is 10.5. The van der Waals surface area contributed by atoms with Crippen molar-refractivity contribution in [2.75, 3.05) is 0 Å². The molecule has 0 radical (unpaired) electrons. The summed E-state index contributed by atoms with van der Waals surface area (Å²) in [5.41, 5.74) is 2.07. The first-order valence-electron chi connectivity index (χ1n) is 6.56. The van der Waals surface area contributed by atoms with Crippen molar-refractivity contribution in [3.05, 3.63) is 70.3 Å². The van der Waals surface area contributed by atoms with Crippen LogP contribution in [0.25, 0.3) is 11.4 Å². The lowest BCUT2D eigenvalue weighted by atomic mass is 10.2. The molecular weight excluding hydrogens is 300 g/mol. The number of H-pyrrole nitrogens is 1. The van der Waals surface area contributed by atoms with Crippen LogP contribution in [0.5, 0.6) is 0 Å². The molecule has 2 aromatic carbocycles. The molecule has 0 saturated heterocycles. The largest absolute Gasteiger partial charge is 0.269 e. The van der Waals surface area contributed by atoms with Crippen molar-refractivity contribution in [2.24, 2.45) is 0 Å². The van der Waals surface area contributed by atoms with Gasteiger partial charge in [-0.3, -0.25) is 15.2 Å². The summed E-state index contributed by atoms with van der Waals surface area (Å²) in [4.78, 5) is 14.6. The molecular formula is C15H12N4O2S. The Morgan fingerprint density at radius 2 is 1.82 bits per heavy atom. The first kappa shape index (κ1) is 14.3. The van der Waals surface area contributed by atoms with Crippen LogP contribution < -0.4 is 0 Å². The van der Waals surface area contributed by atoms with Crippen LogP contribution >= 0.6 is 11.8 Å². The number of nitrogens with one attached hydrogen (secondary N) is 1. The molecule has 0 fully saturated rings. The highest BCUT2D eigenvalue weighted by Crippen LogP contribution is 2.23. The molecule has 0 saturated carbocycles. The van der Waals surface area contributed by atoms with Gasteiger partial charge in [0.05, 0.1) is 4.92 Å². The molecule has 0 aliphatic rings. The van der Waals surface area contributed by atoms with E-state index in [4.69, 9.17) is 0 Å². The van der Waals surface area contributed by atoms with E-state index >= 15 is 0 Å². The Labute approximate surface area is 130 Å². The molecule has 3 aromatic rings. The number of nitro benzene ring substituents is 1. The Bertz CT molecular complexity index is 772. The minimum atomic E-state index is -0.404. The highest BCUT2D eigenvalue weighted by Gasteiger charge is 2.07. The van der Waals surface area contributed by atoms with E-state index in [1.807, 2.05) is 30.3 Å². The van der Waals surface area contributed by atoms with Gasteiger partial charge in [-0.25, -0.2) is 4.98 Å². The minimum absolute atomic E-state index is 0.0954. The Kier molecular flexibility index (Phi) is 4.15. The number of nitro groups is 1. The number of aromatic nitrogens is 3. The van der Waals surface area contributed by atoms with E-state index in [2.05, 4.69) is 15.2 Å². The molecule has 0 aliphatic carbocycles. The van der Waals surface area contributed by atoms with Gasteiger partial charge in [-0.1, -0.05) is 54.2 Å². The summed E-state index contributed by atoms with van der Waals surface area (Å²) < 4.78 is 0. The van der Waals surface area contributed by atoms with E-state index in [-0.39, 0.29) is 5.69 Å². The summed E-state index contributed by atoms with van der Waals surface area (Å²) in [6.07, 6.45) is 0. The third-order valence-corrected chi connectivity index (χ3v) is 3.95. The van der Waals surface area contributed by atoms with Gasteiger partial charge >= 0.3 is 0 Å². The van der Waals surface area contributed by atoms with E-state index in [1.54, 1.807) is 12.1 Å². The lowest BCUT2D eigenvalue weighted by Crippen LogP contribution is -1.88. The van der Waals surface area contributed by atoms with Crippen molar-refractivity contribution in [3.8, 4) is 11.4 Å². The van der Waals surface area contributed by atoms with Crippen molar-refractivity contribution >= 4 is 17.4 Å². The van der Waals surface area contributed by atoms with Gasteiger partial charge in [0.25, 0.3) is 5.69 Å². The SMILES string of the molecule is O=[N+]([O-])c1ccc(CSc2n[nH]c(-c3ccccc3)n2)cc1. The average Bonchev–Trinajstić information content (AvgIpc) is 3.03. The standard InChI is InChI=1S/C15H12N4O2S/c20-19(21)13-8-6-11(7-9-13)10-22-15-16-14(17-18-15)12-4-2-1-3-5-12/h1-9H,10H2,(H,16,17,18). The Balaban J connectivity index is 1.65. The molecule has 0 unspecified atom stereocenters. The minimum Gasteiger partial charge on any atom is -0.258 e. The Morgan fingerprint density at radius 1 is 1.09 bits per heavy atom. The van der Waals surface area contributed by atoms with E-state index in [0.29, 0.717) is 10.9 Å². The second-order valence-electron chi connectivity index (χ2n) is 4.54. The predicted octanol–water partition coefficient (Wildman–Crippen LogP) is 3.67. The second kappa shape index (κ2) is 6.40. The third kappa shape index (κ3) is 3.32. The van der Waals surface area contributed by atoms with Crippen LogP contribution in [-0.4, -0.2) is 20.1 Å². The number of nitrogens with zero attached hydrogens (tertiary/aromatic N) is 3. The fourth-order valence-corrected chi connectivity index (χ4v) is 2.65. The lowest BCUT2D eigenvalue weighted by Gasteiger charge is -1.98. The predicted molar refractivity (Wildman–Crippen MR) is 84.5 cm³/mol. The van der Waals surface area contributed by atoms with Crippen molar-refractivity contribution < 1.29 is 4.92 Å². The molecule has 1 N–H and O–H groups in total. The first-order valence-corrected chi connectivity index (χ1v) is 7.55. The maximum Gasteiger partial charge on any atom is 0.269 e. The number of thioether (sulfide) groups is 1. The summed E-state index contributed by atoms with van der Waals surface area (Å²) in [6.45, 7) is 0. The molecule has 0 atom stereocenters. The fourth-order valence-electron chi connectivity index (χ4n) is 1.90. The van der Waals surface area contributed by atoms with Gasteiger partial charge in [-0.15, -0.1) is 5.10 Å². The Morgan fingerprint density at radius 3 is 2.50 bits per heavy atom. The number of benzene rings is 2. The molecule has 7 heteroatoms. The number of aromatic amines is 1. The summed E-state index contributed by atoms with van der Waals surface area (Å²) in [7, 11) is 0. The summed E-state index contributed by atoms with van der Waals surface area (Å²) in [5, 5.41) is 18.3. The maximum absolute atomic E-state index is 10.6. The summed E-state index contributed by atoms with van der Waals surface area (Å²) >= 11 is 1.48. The van der Waals surface area contributed by atoms with Gasteiger partial charge in [0.2, 0.25) is 5.16 Å². The first-order chi connectivity index (χ1) is 10.7. The van der Waals surface area contributed by atoms with Crippen molar-refractivity contribution in [1.82, 2.24) is 15.2 Å². The van der Waals surface area contributed by atoms with Gasteiger partial charge in [-0.05, 0) is 5.56 Å². The van der Waals surface area contributed by atoms with Gasteiger partial charge in [0.1, 0.15) is 0 Å². The number of hydrogen-bond acceptors (Lipinski definition) is 5. The lowest BCUT2D eigenvalue weighted by molar-refractivity contribution is -0.384. The van der Waals surface area contributed by atoms with Crippen LogP contribution in [0.2, 0.25) is 0 Å². The van der Waals surface area contributed by atoms with Crippen LogP contribution in [0, 0.1) is 10.1 Å². The average molecular weight is 312 g/mol. The topological polar surface area (TPSA) is 84.7 Å². The summed E-state index contributed by atoms with van der Waals surface area (Å²) in [6, 6.07) is 16.3. The van der Waals surface area contributed by atoms with Gasteiger partial charge in [-0.2, -0.15) is 0 Å². The molecule has 0 spiro atoms. The molecule has 1 aromatic heterocycles. The van der Waals surface area contributed by atoms with Gasteiger partial charge in [0.15, 0.2) is 5.82 Å². The zero-order chi connectivity index (χ0) is 15.4. The fraction of sp³-hybridized carbons (Fsp3) is 0.0667. The molecule has 0 bridgehead atoms. The van der Waals surface area contributed by atoms with Crippen LogP contribution in [0.4, 0.5) is 5.69 Å². The van der Waals surface area contributed by atoms with Crippen LogP contribution in [0.15, 0.2) is 59.8 Å². The molecule has 0 amide bonds. The monoisotopic (exact) mass is 312 g/mol. The van der Waals surface area contributed by atoms with Crippen LogP contribution in [-0.2, 0) is 5.75 Å². The second-order valence-corrected chi connectivity index (χ2v) is 5.49. The number of non-ortho nitro benzene ring substituents is 1. The number of hydrogen-bond donors (Lipinski definition) is 1. The highest BCUT2D eigenvalue weighted by atomic mass is 32.2. The quantitative estimate of drug-likeness (QED) is 0.441. The third-order valence-electron chi connectivity index (χ3n) is 3.03. The molecule has 110 valence electrons. The van der Waals surface area contributed by atoms with Gasteiger partial charge < -0.3 is 0 Å². The molecule has 1 heterocycles. The van der Waals surface area contributed by atoms with Crippen molar-refractivity contribution in [3.63, 3.8) is 0 Å². The van der Waals surface area contributed by atoms with E-state index < -0.39 is 4.92 Å². The van der Waals surface area contributed by atoms with E-state index in [9.17, 15) is 10.1 Å². The molecule has 6 nitrogen and oxygen atoms in total. The number of rotatable bonds is 5. The smallest absolute Gasteiger partial charge is 0.258 e. The maximum atomic E-state index is 10.6.